The van der Waals surface area contributed by atoms with E-state index in [1.54, 1.807) is 0 Å². The van der Waals surface area contributed by atoms with Crippen LogP contribution >= 0.6 is 0 Å². The van der Waals surface area contributed by atoms with Crippen molar-refractivity contribution in [2.75, 3.05) is 11.5 Å². The lowest BCUT2D eigenvalue weighted by Crippen LogP contribution is -2.38. The van der Waals surface area contributed by atoms with Crippen LogP contribution in [-0.4, -0.2) is 37.2 Å². The van der Waals surface area contributed by atoms with Crippen molar-refractivity contribution < 1.29 is 22.7 Å². The molecule has 0 aromatic carbocycles. The zero-order valence-electron chi connectivity index (χ0n) is 6.23. The Labute approximate surface area is 69.3 Å². The summed E-state index contributed by atoms with van der Waals surface area (Å²) in [6.45, 7) is 0. The topological polar surface area (TPSA) is 71.4 Å². The van der Waals surface area contributed by atoms with Crippen LogP contribution in [0.5, 0.6) is 0 Å². The molecule has 12 heavy (non-hydrogen) atoms. The first-order valence-corrected chi connectivity index (χ1v) is 5.32. The van der Waals surface area contributed by atoms with Gasteiger partial charge in [0.1, 0.15) is 12.1 Å². The van der Waals surface area contributed by atoms with E-state index in [-0.39, 0.29) is 12.2 Å². The Hall–Kier alpha value is -0.650. The second-order valence-electron chi connectivity index (χ2n) is 2.86. The Morgan fingerprint density at radius 2 is 2.08 bits per heavy atom. The lowest BCUT2D eigenvalue weighted by Gasteiger charge is -2.21. The Morgan fingerprint density at radius 3 is 2.50 bits per heavy atom. The summed E-state index contributed by atoms with van der Waals surface area (Å²) in [4.78, 5) is 10.3. The Bertz CT molecular complexity index is 284. The highest BCUT2D eigenvalue weighted by Gasteiger charge is 2.37. The number of rotatable bonds is 1. The van der Waals surface area contributed by atoms with Gasteiger partial charge in [0, 0.05) is 0 Å². The van der Waals surface area contributed by atoms with Gasteiger partial charge in [0.05, 0.1) is 11.5 Å². The molecule has 1 rings (SSSR count). The highest BCUT2D eigenvalue weighted by atomic mass is 32.2. The molecule has 1 aliphatic rings. The van der Waals surface area contributed by atoms with Crippen LogP contribution in [0.1, 0.15) is 6.42 Å². The fourth-order valence-electron chi connectivity index (χ4n) is 1.18. The first-order valence-electron chi connectivity index (χ1n) is 3.50. The monoisotopic (exact) mass is 196 g/mol. The van der Waals surface area contributed by atoms with Gasteiger partial charge in [0.25, 0.3) is 0 Å². The summed E-state index contributed by atoms with van der Waals surface area (Å²) in [5.74, 6) is -3.55. The smallest absolute Gasteiger partial charge is 0.310 e. The van der Waals surface area contributed by atoms with Crippen molar-refractivity contribution in [3.63, 3.8) is 0 Å². The molecule has 1 fully saturated rings. The van der Waals surface area contributed by atoms with Gasteiger partial charge in [-0.2, -0.15) is 0 Å². The fraction of sp³-hybridized carbons (Fsp3) is 0.833. The summed E-state index contributed by atoms with van der Waals surface area (Å²) in [7, 11) is -3.33. The highest BCUT2D eigenvalue weighted by molar-refractivity contribution is 7.91. The van der Waals surface area contributed by atoms with Crippen molar-refractivity contribution in [3.8, 4) is 0 Å². The molecule has 0 spiro atoms. The largest absolute Gasteiger partial charge is 0.481 e. The highest BCUT2D eigenvalue weighted by Crippen LogP contribution is 2.21. The molecule has 1 aliphatic heterocycles. The quantitative estimate of drug-likeness (QED) is 0.632. The van der Waals surface area contributed by atoms with Gasteiger partial charge in [-0.25, -0.2) is 12.8 Å². The summed E-state index contributed by atoms with van der Waals surface area (Å²) in [6, 6.07) is 0. The Kier molecular flexibility index (Phi) is 2.36. The van der Waals surface area contributed by atoms with E-state index < -0.39 is 33.6 Å². The molecule has 1 heterocycles. The lowest BCUT2D eigenvalue weighted by molar-refractivity contribution is -0.143. The first kappa shape index (κ1) is 9.44. The van der Waals surface area contributed by atoms with Gasteiger partial charge in [0.2, 0.25) is 0 Å². The number of aliphatic carboxylic acids is 1. The van der Waals surface area contributed by atoms with Crippen LogP contribution in [-0.2, 0) is 14.6 Å². The van der Waals surface area contributed by atoms with Gasteiger partial charge in [-0.1, -0.05) is 0 Å². The molecule has 0 bridgehead atoms. The number of hydrogen-bond acceptors (Lipinski definition) is 3. The number of sulfone groups is 1. The maximum Gasteiger partial charge on any atom is 0.310 e. The standard InChI is InChI=1S/C6H9FO4S/c7-5-1-2-12(10,11)3-4(5)6(8)9/h4-5H,1-3H2,(H,8,9)/t4-,5-/m1/s1. The molecule has 2 atom stereocenters. The van der Waals surface area contributed by atoms with Crippen molar-refractivity contribution >= 4 is 15.8 Å². The van der Waals surface area contributed by atoms with Crippen molar-refractivity contribution in [1.29, 1.82) is 0 Å². The summed E-state index contributed by atoms with van der Waals surface area (Å²) < 4.78 is 34.6. The number of hydrogen-bond donors (Lipinski definition) is 1. The number of halogens is 1. The van der Waals surface area contributed by atoms with Crippen molar-refractivity contribution in [2.24, 2.45) is 5.92 Å². The zero-order valence-corrected chi connectivity index (χ0v) is 7.05. The van der Waals surface area contributed by atoms with Crippen LogP contribution < -0.4 is 0 Å². The zero-order chi connectivity index (χ0) is 9.35. The maximum absolute atomic E-state index is 12.8. The number of carboxylic acid groups (broad SMARTS) is 1. The second kappa shape index (κ2) is 3.01. The Balaban J connectivity index is 2.79. The molecule has 0 aliphatic carbocycles. The number of carbonyl (C=O) groups is 1. The van der Waals surface area contributed by atoms with Crippen molar-refractivity contribution in [3.05, 3.63) is 0 Å². The van der Waals surface area contributed by atoms with Crippen LogP contribution in [0, 0.1) is 5.92 Å². The van der Waals surface area contributed by atoms with Gasteiger partial charge in [-0.15, -0.1) is 0 Å². The van der Waals surface area contributed by atoms with Gasteiger partial charge < -0.3 is 5.11 Å². The SMILES string of the molecule is O=C(O)[C@@H]1CS(=O)(=O)CC[C@H]1F. The molecule has 1 N–H and O–H groups in total. The normalized spacial score (nSPS) is 34.4. The Morgan fingerprint density at radius 1 is 1.50 bits per heavy atom. The summed E-state index contributed by atoms with van der Waals surface area (Å²) >= 11 is 0. The molecule has 0 aromatic rings. The second-order valence-corrected chi connectivity index (χ2v) is 5.09. The molecule has 0 radical (unpaired) electrons. The van der Waals surface area contributed by atoms with E-state index in [2.05, 4.69) is 0 Å². The predicted molar refractivity (Wildman–Crippen MR) is 39.3 cm³/mol. The van der Waals surface area contributed by atoms with Crippen molar-refractivity contribution in [1.82, 2.24) is 0 Å². The van der Waals surface area contributed by atoms with Gasteiger partial charge >= 0.3 is 5.97 Å². The molecule has 4 nitrogen and oxygen atoms in total. The predicted octanol–water partition coefficient (Wildman–Crippen LogP) is -0.156. The fourth-order valence-corrected chi connectivity index (χ4v) is 2.83. The van der Waals surface area contributed by atoms with Gasteiger partial charge in [0.15, 0.2) is 9.84 Å². The van der Waals surface area contributed by atoms with Gasteiger partial charge in [-0.05, 0) is 6.42 Å². The van der Waals surface area contributed by atoms with Crippen LogP contribution in [0.15, 0.2) is 0 Å². The maximum atomic E-state index is 12.8. The summed E-state index contributed by atoms with van der Waals surface area (Å²) in [6.07, 6.45) is -1.72. The molecule has 0 aromatic heterocycles. The van der Waals surface area contributed by atoms with E-state index in [1.165, 1.54) is 0 Å². The minimum Gasteiger partial charge on any atom is -0.481 e. The molecule has 0 unspecified atom stereocenters. The third-order valence-corrected chi connectivity index (χ3v) is 3.62. The van der Waals surface area contributed by atoms with Crippen molar-refractivity contribution in [2.45, 2.75) is 12.6 Å². The number of carboxylic acids is 1. The van der Waals surface area contributed by atoms with Crippen LogP contribution in [0.3, 0.4) is 0 Å². The average molecular weight is 196 g/mol. The van der Waals surface area contributed by atoms with Crippen LogP contribution in [0.2, 0.25) is 0 Å². The third kappa shape index (κ3) is 1.94. The molecule has 0 amide bonds. The minimum absolute atomic E-state index is 0.195. The first-order chi connectivity index (χ1) is 5.42. The molecular weight excluding hydrogens is 187 g/mol. The van der Waals surface area contributed by atoms with E-state index in [1.807, 2.05) is 0 Å². The van der Waals surface area contributed by atoms with Crippen LogP contribution in [0.4, 0.5) is 4.39 Å². The van der Waals surface area contributed by atoms with Crippen LogP contribution in [0.25, 0.3) is 0 Å². The number of alkyl halides is 1. The van der Waals surface area contributed by atoms with E-state index in [4.69, 9.17) is 5.11 Å². The third-order valence-electron chi connectivity index (χ3n) is 1.89. The minimum atomic E-state index is -3.33. The summed E-state index contributed by atoms with van der Waals surface area (Å²) in [5, 5.41) is 8.44. The van der Waals surface area contributed by atoms with E-state index in [0.29, 0.717) is 0 Å². The summed E-state index contributed by atoms with van der Waals surface area (Å²) in [5.41, 5.74) is 0. The van der Waals surface area contributed by atoms with E-state index in [0.717, 1.165) is 0 Å². The molecule has 1 saturated heterocycles. The molecule has 70 valence electrons. The molecule has 0 saturated carbocycles. The van der Waals surface area contributed by atoms with Gasteiger partial charge in [-0.3, -0.25) is 4.79 Å². The van der Waals surface area contributed by atoms with E-state index in [9.17, 15) is 17.6 Å². The molecule has 6 heteroatoms. The lowest BCUT2D eigenvalue weighted by atomic mass is 10.0. The average Bonchev–Trinajstić information content (AvgIpc) is 1.94. The molecular formula is C6H9FO4S. The van der Waals surface area contributed by atoms with E-state index >= 15 is 0 Å².